The first-order chi connectivity index (χ1) is 11.0. The average molecular weight is 347 g/mol. The Bertz CT molecular complexity index is 701. The van der Waals surface area contributed by atoms with Crippen LogP contribution in [0.25, 0.3) is 0 Å². The summed E-state index contributed by atoms with van der Waals surface area (Å²) in [5.74, 6) is -1.29. The molecule has 1 saturated heterocycles. The van der Waals surface area contributed by atoms with Crippen molar-refractivity contribution in [2.24, 2.45) is 5.73 Å². The van der Waals surface area contributed by atoms with E-state index in [4.69, 9.17) is 15.2 Å². The van der Waals surface area contributed by atoms with Crippen LogP contribution in [-0.4, -0.2) is 30.4 Å². The maximum Gasteiger partial charge on any atom is 0.420 e. The van der Waals surface area contributed by atoms with E-state index in [1.807, 2.05) is 0 Å². The number of hydrogen-bond acceptors (Lipinski definition) is 3. The molecule has 1 aromatic rings. The summed E-state index contributed by atoms with van der Waals surface area (Å²) in [7, 11) is 0. The molecule has 2 heterocycles. The van der Waals surface area contributed by atoms with Gasteiger partial charge in [0.15, 0.2) is 11.7 Å². The molecule has 0 spiro atoms. The molecule has 1 fully saturated rings. The van der Waals surface area contributed by atoms with Crippen molar-refractivity contribution < 1.29 is 31.8 Å². The van der Waals surface area contributed by atoms with Gasteiger partial charge in [0.2, 0.25) is 5.91 Å². The van der Waals surface area contributed by atoms with E-state index in [0.29, 0.717) is 29.9 Å². The van der Waals surface area contributed by atoms with Crippen LogP contribution >= 0.6 is 0 Å². The highest BCUT2D eigenvalue weighted by atomic mass is 19.4. The quantitative estimate of drug-likeness (QED) is 0.673. The summed E-state index contributed by atoms with van der Waals surface area (Å²) in [5.41, 5.74) is 2.17. The first-order valence-electron chi connectivity index (χ1n) is 7.47. The van der Waals surface area contributed by atoms with Crippen molar-refractivity contribution in [2.75, 3.05) is 6.61 Å². The third-order valence-corrected chi connectivity index (χ3v) is 4.61. The van der Waals surface area contributed by atoms with E-state index in [1.165, 1.54) is 26.0 Å². The van der Waals surface area contributed by atoms with E-state index >= 15 is 0 Å². The van der Waals surface area contributed by atoms with Crippen LogP contribution in [-0.2, 0) is 21.4 Å². The van der Waals surface area contributed by atoms with Crippen LogP contribution in [0.1, 0.15) is 31.4 Å². The summed E-state index contributed by atoms with van der Waals surface area (Å²) in [6.07, 6.45) is -6.54. The lowest BCUT2D eigenvalue weighted by Crippen LogP contribution is -2.43. The summed E-state index contributed by atoms with van der Waals surface area (Å²) in [4.78, 5) is 11.2. The number of benzene rings is 1. The summed E-state index contributed by atoms with van der Waals surface area (Å²) < 4.78 is 64.4. The van der Waals surface area contributed by atoms with Crippen molar-refractivity contribution in [3.8, 4) is 5.75 Å². The van der Waals surface area contributed by atoms with Crippen molar-refractivity contribution in [1.29, 1.82) is 0 Å². The third kappa shape index (κ3) is 2.53. The van der Waals surface area contributed by atoms with Crippen molar-refractivity contribution in [2.45, 2.75) is 50.0 Å². The Labute approximate surface area is 135 Å². The minimum atomic E-state index is -4.76. The van der Waals surface area contributed by atoms with Gasteiger partial charge in [0, 0.05) is 17.5 Å². The molecule has 2 aliphatic rings. The maximum absolute atomic E-state index is 13.9. The minimum absolute atomic E-state index is 0.331. The predicted molar refractivity (Wildman–Crippen MR) is 76.1 cm³/mol. The Kier molecular flexibility index (Phi) is 3.60. The van der Waals surface area contributed by atoms with Crippen LogP contribution < -0.4 is 10.5 Å². The second kappa shape index (κ2) is 5.08. The Hall–Kier alpha value is -1.83. The van der Waals surface area contributed by atoms with Crippen LogP contribution in [0.2, 0.25) is 0 Å². The van der Waals surface area contributed by atoms with Gasteiger partial charge in [-0.15, -0.1) is 0 Å². The fraction of sp³-hybridized carbons (Fsp3) is 0.562. The zero-order valence-electron chi connectivity index (χ0n) is 13.2. The molecule has 2 aliphatic heterocycles. The molecule has 2 atom stereocenters. The van der Waals surface area contributed by atoms with Gasteiger partial charge in [-0.05, 0) is 24.0 Å². The van der Waals surface area contributed by atoms with Gasteiger partial charge >= 0.3 is 6.18 Å². The van der Waals surface area contributed by atoms with Gasteiger partial charge < -0.3 is 15.2 Å². The number of nitrogens with two attached hydrogens (primary N) is 1. The van der Waals surface area contributed by atoms with E-state index in [1.54, 1.807) is 0 Å². The lowest BCUT2D eigenvalue weighted by atomic mass is 9.74. The highest BCUT2D eigenvalue weighted by molar-refractivity contribution is 5.83. The fourth-order valence-corrected chi connectivity index (χ4v) is 3.44. The van der Waals surface area contributed by atoms with Gasteiger partial charge in [-0.2, -0.15) is 13.2 Å². The highest BCUT2D eigenvalue weighted by Gasteiger charge is 2.76. The number of fused-ring (bicyclic) bond motifs is 1. The molecule has 0 unspecified atom stereocenters. The molecule has 3 rings (SSSR count). The van der Waals surface area contributed by atoms with E-state index < -0.39 is 41.4 Å². The first-order valence-corrected chi connectivity index (χ1v) is 7.47. The van der Waals surface area contributed by atoms with E-state index in [2.05, 4.69) is 0 Å². The summed E-state index contributed by atoms with van der Waals surface area (Å²) in [5, 5.41) is 0. The molecule has 24 heavy (non-hydrogen) atoms. The topological polar surface area (TPSA) is 64.8 Å². The van der Waals surface area contributed by atoms with Crippen molar-refractivity contribution >= 4 is 5.91 Å². The monoisotopic (exact) mass is 347 g/mol. The highest BCUT2D eigenvalue weighted by Crippen LogP contribution is 2.56. The Balaban J connectivity index is 1.99. The normalized spacial score (nSPS) is 26.0. The molecule has 132 valence electrons. The number of epoxide rings is 1. The van der Waals surface area contributed by atoms with Crippen molar-refractivity contribution in [3.05, 3.63) is 29.1 Å². The molecule has 1 amide bonds. The van der Waals surface area contributed by atoms with E-state index in [0.717, 1.165) is 0 Å². The van der Waals surface area contributed by atoms with Gasteiger partial charge in [-0.3, -0.25) is 4.79 Å². The SMILES string of the molecule is CC(C)(C[C@@]1(C(F)(F)F)O[C@@H]1C(N)=O)c1cc(F)cc2c1OCC2. The summed E-state index contributed by atoms with van der Waals surface area (Å²) in [6, 6.07) is 2.50. The molecule has 0 saturated carbocycles. The van der Waals surface area contributed by atoms with Crippen molar-refractivity contribution in [1.82, 2.24) is 0 Å². The van der Waals surface area contributed by atoms with Crippen LogP contribution in [0.4, 0.5) is 17.6 Å². The molecule has 0 radical (unpaired) electrons. The molecule has 0 bridgehead atoms. The lowest BCUT2D eigenvalue weighted by Gasteiger charge is -2.31. The van der Waals surface area contributed by atoms with Crippen molar-refractivity contribution in [3.63, 3.8) is 0 Å². The number of amides is 1. The van der Waals surface area contributed by atoms with Gasteiger partial charge in [0.05, 0.1) is 6.61 Å². The van der Waals surface area contributed by atoms with Crippen LogP contribution in [0, 0.1) is 5.82 Å². The molecule has 8 heteroatoms. The largest absolute Gasteiger partial charge is 0.493 e. The second-order valence-corrected chi connectivity index (χ2v) is 6.89. The van der Waals surface area contributed by atoms with Crippen LogP contribution in [0.3, 0.4) is 0 Å². The zero-order valence-corrected chi connectivity index (χ0v) is 13.2. The molecular weight excluding hydrogens is 330 g/mol. The Morgan fingerprint density at radius 3 is 2.58 bits per heavy atom. The summed E-state index contributed by atoms with van der Waals surface area (Å²) in [6.45, 7) is 3.43. The second-order valence-electron chi connectivity index (χ2n) is 6.89. The van der Waals surface area contributed by atoms with Gasteiger partial charge in [-0.1, -0.05) is 13.8 Å². The standard InChI is InChI=1S/C16H17F4NO3/c1-14(2,7-15(16(18,19)20)12(24-15)13(21)22)10-6-9(17)5-8-3-4-23-11(8)10/h5-6,12H,3-4,7H2,1-2H3,(H2,21,22)/t12-,15-/m1/s1. The number of rotatable bonds is 4. The molecule has 4 nitrogen and oxygen atoms in total. The number of carbonyl (C=O) groups excluding carboxylic acids is 1. The number of carbonyl (C=O) groups is 1. The number of primary amides is 1. The Morgan fingerprint density at radius 1 is 1.38 bits per heavy atom. The lowest BCUT2D eigenvalue weighted by molar-refractivity contribution is -0.189. The average Bonchev–Trinajstić information content (AvgIpc) is 2.98. The minimum Gasteiger partial charge on any atom is -0.493 e. The number of halogens is 4. The maximum atomic E-state index is 13.9. The number of hydrogen-bond donors (Lipinski definition) is 1. The van der Waals surface area contributed by atoms with Gasteiger partial charge in [-0.25, -0.2) is 4.39 Å². The van der Waals surface area contributed by atoms with E-state index in [-0.39, 0.29) is 0 Å². The number of ether oxygens (including phenoxy) is 2. The predicted octanol–water partition coefficient (Wildman–Crippen LogP) is 2.61. The van der Waals surface area contributed by atoms with Crippen LogP contribution in [0.5, 0.6) is 5.75 Å². The molecular formula is C16H17F4NO3. The smallest absolute Gasteiger partial charge is 0.420 e. The molecule has 0 aromatic heterocycles. The van der Waals surface area contributed by atoms with E-state index in [9.17, 15) is 22.4 Å². The molecule has 2 N–H and O–H groups in total. The third-order valence-electron chi connectivity index (χ3n) is 4.61. The van der Waals surface area contributed by atoms with Gasteiger partial charge in [0.25, 0.3) is 0 Å². The fourth-order valence-electron chi connectivity index (χ4n) is 3.44. The first kappa shape index (κ1) is 17.0. The van der Waals surface area contributed by atoms with Gasteiger partial charge in [0.1, 0.15) is 11.6 Å². The van der Waals surface area contributed by atoms with Crippen LogP contribution in [0.15, 0.2) is 12.1 Å². The zero-order chi connectivity index (χ0) is 17.9. The molecule has 0 aliphatic carbocycles. The summed E-state index contributed by atoms with van der Waals surface area (Å²) >= 11 is 0. The number of alkyl halides is 3. The Morgan fingerprint density at radius 2 is 2.04 bits per heavy atom. The molecule has 1 aromatic carbocycles.